The molecule has 1 aromatic carbocycles. The molecule has 2 atom stereocenters. The first kappa shape index (κ1) is 11.2. The molecule has 0 aromatic heterocycles. The standard InChI is InChI=1S/C15H21NO/c1-11-3-2-4-12(7-11)10-16-13-5-6-14(16)9-15(17)8-13/h2-4,7,13-15,17H,5-6,8-10H2,1H3. The number of aliphatic hydroxyl groups is 1. The molecular weight excluding hydrogens is 210 g/mol. The van der Waals surface area contributed by atoms with Crippen molar-refractivity contribution in [2.75, 3.05) is 0 Å². The molecule has 2 heterocycles. The maximum absolute atomic E-state index is 9.79. The van der Waals surface area contributed by atoms with Crippen LogP contribution in [0.4, 0.5) is 0 Å². The molecule has 2 aliphatic rings. The molecule has 1 aromatic rings. The second kappa shape index (κ2) is 4.43. The Kier molecular flexibility index (Phi) is 2.93. The number of hydrogen-bond donors (Lipinski definition) is 1. The molecule has 3 rings (SSSR count). The summed E-state index contributed by atoms with van der Waals surface area (Å²) in [6.07, 6.45) is 4.44. The SMILES string of the molecule is Cc1cccc(CN2C3CCC2CC(O)C3)c1. The summed E-state index contributed by atoms with van der Waals surface area (Å²) in [5, 5.41) is 9.79. The minimum absolute atomic E-state index is 0.0544. The van der Waals surface area contributed by atoms with E-state index in [1.165, 1.54) is 24.0 Å². The van der Waals surface area contributed by atoms with E-state index >= 15 is 0 Å². The summed E-state index contributed by atoms with van der Waals surface area (Å²) in [7, 11) is 0. The molecule has 0 amide bonds. The summed E-state index contributed by atoms with van der Waals surface area (Å²) in [6, 6.07) is 10.0. The van der Waals surface area contributed by atoms with Crippen molar-refractivity contribution in [3.63, 3.8) is 0 Å². The average molecular weight is 231 g/mol. The minimum atomic E-state index is -0.0544. The molecule has 2 bridgehead atoms. The van der Waals surface area contributed by atoms with E-state index < -0.39 is 0 Å². The van der Waals surface area contributed by atoms with E-state index in [4.69, 9.17) is 0 Å². The first-order valence-electron chi connectivity index (χ1n) is 6.72. The Bertz CT molecular complexity index is 390. The van der Waals surface area contributed by atoms with Crippen LogP contribution < -0.4 is 0 Å². The van der Waals surface area contributed by atoms with Crippen LogP contribution in [-0.2, 0) is 6.54 Å². The fourth-order valence-corrected chi connectivity index (χ4v) is 3.52. The maximum atomic E-state index is 9.79. The van der Waals surface area contributed by atoms with Crippen molar-refractivity contribution in [1.29, 1.82) is 0 Å². The molecule has 0 spiro atoms. The van der Waals surface area contributed by atoms with Gasteiger partial charge in [-0.3, -0.25) is 4.90 Å². The van der Waals surface area contributed by atoms with Gasteiger partial charge in [0.05, 0.1) is 6.10 Å². The highest BCUT2D eigenvalue weighted by Crippen LogP contribution is 2.36. The van der Waals surface area contributed by atoms with Gasteiger partial charge in [0.25, 0.3) is 0 Å². The third-order valence-electron chi connectivity index (χ3n) is 4.31. The van der Waals surface area contributed by atoms with Crippen molar-refractivity contribution < 1.29 is 5.11 Å². The van der Waals surface area contributed by atoms with Gasteiger partial charge in [-0.25, -0.2) is 0 Å². The summed E-state index contributed by atoms with van der Waals surface area (Å²) in [6.45, 7) is 3.21. The number of piperidine rings is 1. The summed E-state index contributed by atoms with van der Waals surface area (Å²) in [5.74, 6) is 0. The second-order valence-corrected chi connectivity index (χ2v) is 5.67. The van der Waals surface area contributed by atoms with Crippen molar-refractivity contribution >= 4 is 0 Å². The zero-order valence-corrected chi connectivity index (χ0v) is 10.5. The van der Waals surface area contributed by atoms with Gasteiger partial charge in [0.15, 0.2) is 0 Å². The average Bonchev–Trinajstić information content (AvgIpc) is 2.54. The Morgan fingerprint density at radius 1 is 1.24 bits per heavy atom. The van der Waals surface area contributed by atoms with Gasteiger partial charge in [0.2, 0.25) is 0 Å². The minimum Gasteiger partial charge on any atom is -0.393 e. The van der Waals surface area contributed by atoms with Crippen LogP contribution in [-0.4, -0.2) is 28.2 Å². The Morgan fingerprint density at radius 3 is 2.59 bits per heavy atom. The van der Waals surface area contributed by atoms with Crippen LogP contribution in [0, 0.1) is 6.92 Å². The summed E-state index contributed by atoms with van der Waals surface area (Å²) < 4.78 is 0. The number of nitrogens with zero attached hydrogens (tertiary/aromatic N) is 1. The van der Waals surface area contributed by atoms with Crippen molar-refractivity contribution in [2.24, 2.45) is 0 Å². The van der Waals surface area contributed by atoms with E-state index in [2.05, 4.69) is 36.1 Å². The Labute approximate surface area is 103 Å². The molecule has 0 radical (unpaired) electrons. The van der Waals surface area contributed by atoms with Crippen LogP contribution in [0.3, 0.4) is 0 Å². The largest absolute Gasteiger partial charge is 0.393 e. The number of hydrogen-bond acceptors (Lipinski definition) is 2. The van der Waals surface area contributed by atoms with Gasteiger partial charge in [-0.05, 0) is 38.2 Å². The highest BCUT2D eigenvalue weighted by molar-refractivity contribution is 5.22. The van der Waals surface area contributed by atoms with E-state index in [0.717, 1.165) is 19.4 Å². The van der Waals surface area contributed by atoms with Gasteiger partial charge in [-0.1, -0.05) is 29.8 Å². The fourth-order valence-electron chi connectivity index (χ4n) is 3.52. The first-order valence-corrected chi connectivity index (χ1v) is 6.72. The summed E-state index contributed by atoms with van der Waals surface area (Å²) >= 11 is 0. The molecular formula is C15H21NO. The lowest BCUT2D eigenvalue weighted by Gasteiger charge is -2.37. The van der Waals surface area contributed by atoms with E-state index in [1.807, 2.05) is 0 Å². The van der Waals surface area contributed by atoms with E-state index in [-0.39, 0.29) is 6.10 Å². The molecule has 2 nitrogen and oxygen atoms in total. The highest BCUT2D eigenvalue weighted by atomic mass is 16.3. The lowest BCUT2D eigenvalue weighted by molar-refractivity contribution is 0.0310. The van der Waals surface area contributed by atoms with Crippen molar-refractivity contribution in [3.05, 3.63) is 35.4 Å². The number of benzene rings is 1. The molecule has 2 fully saturated rings. The van der Waals surface area contributed by atoms with E-state index in [0.29, 0.717) is 12.1 Å². The zero-order chi connectivity index (χ0) is 11.8. The molecule has 2 unspecified atom stereocenters. The predicted octanol–water partition coefficient (Wildman–Crippen LogP) is 2.48. The molecule has 2 heteroatoms. The molecule has 2 aliphatic heterocycles. The second-order valence-electron chi connectivity index (χ2n) is 5.67. The lowest BCUT2D eigenvalue weighted by Crippen LogP contribution is -2.44. The highest BCUT2D eigenvalue weighted by Gasteiger charge is 2.39. The maximum Gasteiger partial charge on any atom is 0.0570 e. The molecule has 2 saturated heterocycles. The lowest BCUT2D eigenvalue weighted by atomic mass is 9.99. The third kappa shape index (κ3) is 2.24. The topological polar surface area (TPSA) is 23.5 Å². The van der Waals surface area contributed by atoms with Crippen molar-refractivity contribution in [2.45, 2.75) is 57.3 Å². The third-order valence-corrected chi connectivity index (χ3v) is 4.31. The monoisotopic (exact) mass is 231 g/mol. The summed E-state index contributed by atoms with van der Waals surface area (Å²) in [4.78, 5) is 2.61. The number of fused-ring (bicyclic) bond motifs is 2. The predicted molar refractivity (Wildman–Crippen MR) is 68.8 cm³/mol. The van der Waals surface area contributed by atoms with Crippen LogP contribution in [0.5, 0.6) is 0 Å². The molecule has 0 saturated carbocycles. The smallest absolute Gasteiger partial charge is 0.0570 e. The van der Waals surface area contributed by atoms with Crippen LogP contribution >= 0.6 is 0 Å². The Hall–Kier alpha value is -0.860. The number of aryl methyl sites for hydroxylation is 1. The normalized spacial score (nSPS) is 32.9. The summed E-state index contributed by atoms with van der Waals surface area (Å²) in [5.41, 5.74) is 2.75. The molecule has 17 heavy (non-hydrogen) atoms. The first-order chi connectivity index (χ1) is 8.22. The Balaban J connectivity index is 1.74. The molecule has 1 N–H and O–H groups in total. The quantitative estimate of drug-likeness (QED) is 0.845. The van der Waals surface area contributed by atoms with E-state index in [9.17, 15) is 5.11 Å². The van der Waals surface area contributed by atoms with Crippen LogP contribution in [0.15, 0.2) is 24.3 Å². The van der Waals surface area contributed by atoms with Gasteiger partial charge in [-0.15, -0.1) is 0 Å². The molecule has 0 aliphatic carbocycles. The molecule has 92 valence electrons. The van der Waals surface area contributed by atoms with Gasteiger partial charge in [-0.2, -0.15) is 0 Å². The van der Waals surface area contributed by atoms with Gasteiger partial charge < -0.3 is 5.11 Å². The number of aliphatic hydroxyl groups excluding tert-OH is 1. The van der Waals surface area contributed by atoms with Crippen molar-refractivity contribution in [3.8, 4) is 0 Å². The van der Waals surface area contributed by atoms with Gasteiger partial charge in [0, 0.05) is 18.6 Å². The number of rotatable bonds is 2. The van der Waals surface area contributed by atoms with Crippen LogP contribution in [0.25, 0.3) is 0 Å². The van der Waals surface area contributed by atoms with Crippen molar-refractivity contribution in [1.82, 2.24) is 4.90 Å². The van der Waals surface area contributed by atoms with Crippen LogP contribution in [0.2, 0.25) is 0 Å². The van der Waals surface area contributed by atoms with Gasteiger partial charge in [0.1, 0.15) is 0 Å². The van der Waals surface area contributed by atoms with Gasteiger partial charge >= 0.3 is 0 Å². The Morgan fingerprint density at radius 2 is 1.94 bits per heavy atom. The van der Waals surface area contributed by atoms with Crippen LogP contribution in [0.1, 0.15) is 36.8 Å². The zero-order valence-electron chi connectivity index (χ0n) is 10.5. The van der Waals surface area contributed by atoms with E-state index in [1.54, 1.807) is 0 Å². The fraction of sp³-hybridized carbons (Fsp3) is 0.600.